The molecule has 92 valence electrons. The van der Waals surface area contributed by atoms with Gasteiger partial charge in [0.05, 0.1) is 0 Å². The summed E-state index contributed by atoms with van der Waals surface area (Å²) >= 11 is 0. The lowest BCUT2D eigenvalue weighted by Crippen LogP contribution is -2.37. The molecule has 0 bridgehead atoms. The van der Waals surface area contributed by atoms with Gasteiger partial charge in [-0.25, -0.2) is 4.79 Å². The number of phenols is 2. The third-order valence-electron chi connectivity index (χ3n) is 1.95. The van der Waals surface area contributed by atoms with E-state index >= 15 is 0 Å². The van der Waals surface area contributed by atoms with Crippen molar-refractivity contribution in [3.05, 3.63) is 23.8 Å². The fourth-order valence-corrected chi connectivity index (χ4v) is 1.13. The normalized spacial score (nSPS) is 9.65. The molecular weight excluding hydrogens is 226 g/mol. The predicted molar refractivity (Wildman–Crippen MR) is 59.7 cm³/mol. The Morgan fingerprint density at radius 1 is 1.12 bits per heavy atom. The van der Waals surface area contributed by atoms with Gasteiger partial charge >= 0.3 is 6.03 Å². The van der Waals surface area contributed by atoms with Crippen molar-refractivity contribution in [3.8, 4) is 11.5 Å². The van der Waals surface area contributed by atoms with Crippen molar-refractivity contribution in [1.82, 2.24) is 10.6 Å². The summed E-state index contributed by atoms with van der Waals surface area (Å²) in [6.45, 7) is 0.425. The van der Waals surface area contributed by atoms with Gasteiger partial charge in [0.15, 0.2) is 11.5 Å². The van der Waals surface area contributed by atoms with Crippen LogP contribution in [-0.2, 0) is 0 Å². The van der Waals surface area contributed by atoms with E-state index < -0.39 is 11.9 Å². The van der Waals surface area contributed by atoms with E-state index in [-0.39, 0.29) is 30.2 Å². The maximum Gasteiger partial charge on any atom is 0.312 e. The number of amides is 3. The lowest BCUT2D eigenvalue weighted by Gasteiger charge is -2.06. The minimum Gasteiger partial charge on any atom is -0.504 e. The van der Waals surface area contributed by atoms with Crippen molar-refractivity contribution in [3.63, 3.8) is 0 Å². The molecule has 0 fully saturated rings. The Morgan fingerprint density at radius 3 is 2.35 bits per heavy atom. The van der Waals surface area contributed by atoms with Gasteiger partial charge in [0.2, 0.25) is 0 Å². The van der Waals surface area contributed by atoms with E-state index in [1.807, 2.05) is 0 Å². The van der Waals surface area contributed by atoms with Crippen LogP contribution >= 0.6 is 0 Å². The Hall–Kier alpha value is -2.44. The molecule has 0 aliphatic carbocycles. The van der Waals surface area contributed by atoms with Crippen LogP contribution in [0, 0.1) is 0 Å². The van der Waals surface area contributed by atoms with Gasteiger partial charge in [-0.2, -0.15) is 0 Å². The Bertz CT molecular complexity index is 434. The van der Waals surface area contributed by atoms with Gasteiger partial charge in [0.1, 0.15) is 0 Å². The zero-order valence-electron chi connectivity index (χ0n) is 8.93. The van der Waals surface area contributed by atoms with Gasteiger partial charge in [-0.15, -0.1) is 0 Å². The monoisotopic (exact) mass is 239 g/mol. The van der Waals surface area contributed by atoms with Crippen LogP contribution in [0.4, 0.5) is 4.79 Å². The fraction of sp³-hybridized carbons (Fsp3) is 0.200. The molecule has 6 N–H and O–H groups in total. The van der Waals surface area contributed by atoms with Crippen LogP contribution < -0.4 is 16.4 Å². The summed E-state index contributed by atoms with van der Waals surface area (Å²) in [6, 6.07) is 3.06. The van der Waals surface area contributed by atoms with E-state index in [9.17, 15) is 14.7 Å². The highest BCUT2D eigenvalue weighted by molar-refractivity contribution is 5.94. The molecular formula is C10H13N3O4. The van der Waals surface area contributed by atoms with Crippen LogP contribution in [0.3, 0.4) is 0 Å². The topological polar surface area (TPSA) is 125 Å². The summed E-state index contributed by atoms with van der Waals surface area (Å²) in [5.41, 5.74) is 5.04. The SMILES string of the molecule is NC(=O)NCCNC(=O)c1ccc(O)c(O)c1. The van der Waals surface area contributed by atoms with Crippen molar-refractivity contribution in [2.75, 3.05) is 13.1 Å². The minimum absolute atomic E-state index is 0.208. The molecule has 0 spiro atoms. The van der Waals surface area contributed by atoms with Crippen molar-refractivity contribution >= 4 is 11.9 Å². The van der Waals surface area contributed by atoms with Gasteiger partial charge in [-0.1, -0.05) is 0 Å². The highest BCUT2D eigenvalue weighted by atomic mass is 16.3. The van der Waals surface area contributed by atoms with Crippen molar-refractivity contribution in [2.24, 2.45) is 5.73 Å². The third-order valence-corrected chi connectivity index (χ3v) is 1.95. The molecule has 17 heavy (non-hydrogen) atoms. The second-order valence-electron chi connectivity index (χ2n) is 3.25. The number of benzene rings is 1. The molecule has 0 aliphatic heterocycles. The van der Waals surface area contributed by atoms with E-state index in [0.717, 1.165) is 6.07 Å². The van der Waals surface area contributed by atoms with Crippen LogP contribution in [-0.4, -0.2) is 35.2 Å². The number of primary amides is 1. The maximum absolute atomic E-state index is 11.5. The van der Waals surface area contributed by atoms with Gasteiger partial charge < -0.3 is 26.6 Å². The zero-order chi connectivity index (χ0) is 12.8. The second-order valence-corrected chi connectivity index (χ2v) is 3.25. The first-order valence-electron chi connectivity index (χ1n) is 4.84. The maximum atomic E-state index is 11.5. The fourth-order valence-electron chi connectivity index (χ4n) is 1.13. The highest BCUT2D eigenvalue weighted by Gasteiger charge is 2.07. The molecule has 1 rings (SSSR count). The largest absolute Gasteiger partial charge is 0.504 e. The summed E-state index contributed by atoms with van der Waals surface area (Å²) in [5.74, 6) is -1.09. The molecule has 0 aromatic heterocycles. The van der Waals surface area contributed by atoms with Gasteiger partial charge in [0.25, 0.3) is 5.91 Å². The molecule has 0 saturated heterocycles. The second kappa shape index (κ2) is 5.59. The first-order chi connectivity index (χ1) is 8.00. The number of carbonyl (C=O) groups excluding carboxylic acids is 2. The third kappa shape index (κ3) is 3.90. The average molecular weight is 239 g/mol. The zero-order valence-corrected chi connectivity index (χ0v) is 8.93. The predicted octanol–water partition coefficient (Wildman–Crippen LogP) is -0.504. The number of hydrogen-bond acceptors (Lipinski definition) is 4. The summed E-state index contributed by atoms with van der Waals surface area (Å²) in [7, 11) is 0. The first-order valence-corrected chi connectivity index (χ1v) is 4.84. The van der Waals surface area contributed by atoms with Crippen LogP contribution in [0.25, 0.3) is 0 Å². The minimum atomic E-state index is -0.665. The van der Waals surface area contributed by atoms with Crippen molar-refractivity contribution in [1.29, 1.82) is 0 Å². The molecule has 1 aromatic carbocycles. The van der Waals surface area contributed by atoms with Gasteiger partial charge in [0, 0.05) is 18.7 Å². The highest BCUT2D eigenvalue weighted by Crippen LogP contribution is 2.24. The lowest BCUT2D eigenvalue weighted by atomic mass is 10.2. The van der Waals surface area contributed by atoms with E-state index in [1.165, 1.54) is 12.1 Å². The smallest absolute Gasteiger partial charge is 0.312 e. The summed E-state index contributed by atoms with van der Waals surface area (Å²) in [6.07, 6.45) is 0. The summed E-state index contributed by atoms with van der Waals surface area (Å²) in [4.78, 5) is 21.8. The van der Waals surface area contributed by atoms with Crippen molar-refractivity contribution in [2.45, 2.75) is 0 Å². The summed E-state index contributed by atoms with van der Waals surface area (Å²) < 4.78 is 0. The number of phenolic OH excluding ortho intramolecular Hbond substituents is 2. The number of nitrogens with one attached hydrogen (secondary N) is 2. The molecule has 0 heterocycles. The molecule has 0 atom stereocenters. The lowest BCUT2D eigenvalue weighted by molar-refractivity contribution is 0.0953. The van der Waals surface area contributed by atoms with E-state index in [4.69, 9.17) is 10.8 Å². The molecule has 1 aromatic rings. The number of carbonyl (C=O) groups is 2. The molecule has 0 saturated carbocycles. The summed E-state index contributed by atoms with van der Waals surface area (Å²) in [5, 5.41) is 23.1. The number of hydrogen-bond donors (Lipinski definition) is 5. The van der Waals surface area contributed by atoms with Crippen LogP contribution in [0.5, 0.6) is 11.5 Å². The van der Waals surface area contributed by atoms with E-state index in [2.05, 4.69) is 10.6 Å². The van der Waals surface area contributed by atoms with Crippen molar-refractivity contribution < 1.29 is 19.8 Å². The Labute approximate surface area is 97.2 Å². The number of nitrogens with two attached hydrogens (primary N) is 1. The van der Waals surface area contributed by atoms with E-state index in [1.54, 1.807) is 0 Å². The number of rotatable bonds is 4. The molecule has 0 unspecified atom stereocenters. The van der Waals surface area contributed by atoms with Gasteiger partial charge in [-0.05, 0) is 18.2 Å². The van der Waals surface area contributed by atoms with Crippen LogP contribution in [0.2, 0.25) is 0 Å². The standard InChI is InChI=1S/C10H13N3O4/c11-10(17)13-4-3-12-9(16)6-1-2-7(14)8(15)5-6/h1-2,5,14-15H,3-4H2,(H,12,16)(H3,11,13,17). The molecule has 3 amide bonds. The number of aromatic hydroxyl groups is 2. The Balaban J connectivity index is 2.47. The quantitative estimate of drug-likeness (QED) is 0.358. The van der Waals surface area contributed by atoms with E-state index in [0.29, 0.717) is 0 Å². The van der Waals surface area contributed by atoms with Crippen LogP contribution in [0.1, 0.15) is 10.4 Å². The Morgan fingerprint density at radius 2 is 1.76 bits per heavy atom. The average Bonchev–Trinajstić information content (AvgIpc) is 2.27. The molecule has 0 aliphatic rings. The number of urea groups is 1. The molecule has 7 nitrogen and oxygen atoms in total. The molecule has 0 radical (unpaired) electrons. The van der Waals surface area contributed by atoms with Gasteiger partial charge in [-0.3, -0.25) is 4.79 Å². The van der Waals surface area contributed by atoms with Crippen LogP contribution in [0.15, 0.2) is 18.2 Å². The molecule has 7 heteroatoms. The first kappa shape index (κ1) is 12.6. The Kier molecular flexibility index (Phi) is 4.15.